The molecule has 2 amide bonds. The van der Waals surface area contributed by atoms with Gasteiger partial charge in [-0.25, -0.2) is 4.79 Å². The van der Waals surface area contributed by atoms with Crippen LogP contribution in [0.1, 0.15) is 57.4 Å². The number of carbonyl (C=O) groups is 2. The van der Waals surface area contributed by atoms with Gasteiger partial charge >= 0.3 is 6.09 Å². The van der Waals surface area contributed by atoms with Crippen molar-refractivity contribution in [1.82, 2.24) is 5.32 Å². The average Bonchev–Trinajstić information content (AvgIpc) is 3.33. The van der Waals surface area contributed by atoms with Gasteiger partial charge in [0.2, 0.25) is 12.2 Å². The third-order valence-corrected chi connectivity index (χ3v) is 6.68. The Morgan fingerprint density at radius 2 is 2.00 bits per heavy atom. The number of benzene rings is 1. The topological polar surface area (TPSA) is 67.9 Å². The van der Waals surface area contributed by atoms with Crippen molar-refractivity contribution in [3.8, 4) is 0 Å². The third kappa shape index (κ3) is 5.00. The largest absolute Gasteiger partial charge is 0.416 e. The van der Waals surface area contributed by atoms with Crippen molar-refractivity contribution < 1.29 is 19.1 Å². The number of alkyl carbamates (subject to hydrolysis) is 1. The van der Waals surface area contributed by atoms with Crippen molar-refractivity contribution in [3.63, 3.8) is 0 Å². The van der Waals surface area contributed by atoms with Crippen molar-refractivity contribution in [3.05, 3.63) is 35.9 Å². The third-order valence-electron chi connectivity index (χ3n) is 5.65. The van der Waals surface area contributed by atoms with E-state index >= 15 is 0 Å². The van der Waals surface area contributed by atoms with Gasteiger partial charge < -0.3 is 9.47 Å². The molecule has 1 aromatic rings. The fraction of sp³-hybridized carbons (Fsp3) is 0.619. The van der Waals surface area contributed by atoms with E-state index in [0.717, 1.165) is 38.5 Å². The molecular weight excluding hydrogens is 401 g/mol. The minimum absolute atomic E-state index is 0.0108. The van der Waals surface area contributed by atoms with Gasteiger partial charge in [0.25, 0.3) is 0 Å². The number of nitrogens with one attached hydrogen (secondary N) is 1. The van der Waals surface area contributed by atoms with Crippen molar-refractivity contribution in [2.24, 2.45) is 0 Å². The summed E-state index contributed by atoms with van der Waals surface area (Å²) in [5.41, 5.74) is 0.640. The molecule has 0 bridgehead atoms. The van der Waals surface area contributed by atoms with Crippen LogP contribution in [-0.2, 0) is 20.7 Å². The molecule has 28 heavy (non-hydrogen) atoms. The number of hydrogen-bond acceptors (Lipinski definition) is 4. The van der Waals surface area contributed by atoms with E-state index in [2.05, 4.69) is 29.6 Å². The first kappa shape index (κ1) is 21.4. The first-order valence-electron chi connectivity index (χ1n) is 9.88. The van der Waals surface area contributed by atoms with Gasteiger partial charge in [-0.1, -0.05) is 43.2 Å². The molecule has 5 nitrogen and oxygen atoms in total. The predicted molar refractivity (Wildman–Crippen MR) is 109 cm³/mol. The molecule has 7 heteroatoms. The Hall–Kier alpha value is -1.30. The number of epoxide rings is 1. The summed E-state index contributed by atoms with van der Waals surface area (Å²) in [5.74, 6) is -0.472. The highest BCUT2D eigenvalue weighted by Gasteiger charge is 2.72. The lowest BCUT2D eigenvalue weighted by atomic mass is 9.75. The number of halogens is 2. The lowest BCUT2D eigenvalue weighted by Crippen LogP contribution is -2.48. The molecule has 1 saturated carbocycles. The van der Waals surface area contributed by atoms with Crippen molar-refractivity contribution in [2.75, 3.05) is 0 Å². The molecular formula is C21H27Cl2NO4. The lowest BCUT2D eigenvalue weighted by Gasteiger charge is -2.39. The molecule has 1 aliphatic carbocycles. The molecule has 4 atom stereocenters. The Kier molecular flexibility index (Phi) is 6.89. The second kappa shape index (κ2) is 9.02. The molecule has 1 aromatic carbocycles. The van der Waals surface area contributed by atoms with Crippen molar-refractivity contribution in [1.29, 1.82) is 0 Å². The van der Waals surface area contributed by atoms with Gasteiger partial charge in [0, 0.05) is 12.3 Å². The minimum atomic E-state index is -0.802. The first-order chi connectivity index (χ1) is 13.3. The molecule has 1 heterocycles. The van der Waals surface area contributed by atoms with E-state index in [0.29, 0.717) is 12.8 Å². The van der Waals surface area contributed by atoms with E-state index in [1.165, 1.54) is 12.5 Å². The smallest absolute Gasteiger partial charge is 0.416 e. The highest BCUT2D eigenvalue weighted by atomic mass is 35.5. The van der Waals surface area contributed by atoms with E-state index in [9.17, 15) is 9.59 Å². The van der Waals surface area contributed by atoms with E-state index in [4.69, 9.17) is 32.7 Å². The molecule has 1 saturated heterocycles. The number of amides is 2. The number of alkyl halides is 2. The van der Waals surface area contributed by atoms with Crippen LogP contribution >= 0.6 is 23.2 Å². The van der Waals surface area contributed by atoms with E-state index in [1.54, 1.807) is 0 Å². The molecule has 2 fully saturated rings. The van der Waals surface area contributed by atoms with Crippen LogP contribution in [0.5, 0.6) is 0 Å². The zero-order chi connectivity index (χ0) is 20.2. The monoisotopic (exact) mass is 427 g/mol. The van der Waals surface area contributed by atoms with Crippen LogP contribution in [0, 0.1) is 0 Å². The molecule has 1 spiro atoms. The molecule has 1 unspecified atom stereocenters. The standard InChI is InChI=1S/C21H27Cl2NO4/c1-15(25)24-19(26)27-18-21(28-18)13-11-17(22)14-20(21,23)12-7-3-6-10-16-8-4-2-5-9-16/h2,4-5,8-9,17-18H,3,6-7,10-14H2,1H3,(H,24,25,26)/t17-,18?,20+,21-/m0/s1. The molecule has 1 N–H and O–H groups in total. The summed E-state index contributed by atoms with van der Waals surface area (Å²) in [4.78, 5) is 22.1. The zero-order valence-electron chi connectivity index (χ0n) is 16.1. The van der Waals surface area contributed by atoms with E-state index < -0.39 is 28.8 Å². The van der Waals surface area contributed by atoms with Crippen molar-refractivity contribution >= 4 is 35.2 Å². The molecule has 2 aliphatic rings. The second-order valence-corrected chi connectivity index (χ2v) is 9.12. The first-order valence-corrected chi connectivity index (χ1v) is 10.7. The van der Waals surface area contributed by atoms with Crippen LogP contribution in [0.3, 0.4) is 0 Å². The average molecular weight is 428 g/mol. The van der Waals surface area contributed by atoms with Crippen LogP contribution in [0.2, 0.25) is 0 Å². The van der Waals surface area contributed by atoms with Crippen LogP contribution in [0.25, 0.3) is 0 Å². The van der Waals surface area contributed by atoms with Crippen molar-refractivity contribution in [2.45, 2.75) is 80.4 Å². The summed E-state index contributed by atoms with van der Waals surface area (Å²) in [6, 6.07) is 10.4. The Labute approximate surface area is 176 Å². The summed E-state index contributed by atoms with van der Waals surface area (Å²) in [7, 11) is 0. The van der Waals surface area contributed by atoms with Gasteiger partial charge in [-0.3, -0.25) is 10.1 Å². The summed E-state index contributed by atoms with van der Waals surface area (Å²) < 4.78 is 11.1. The number of unbranched alkanes of at least 4 members (excludes halogenated alkanes) is 2. The van der Waals surface area contributed by atoms with Gasteiger partial charge in [0.1, 0.15) is 0 Å². The van der Waals surface area contributed by atoms with Gasteiger partial charge in [0.05, 0.1) is 4.87 Å². The number of hydrogen-bond donors (Lipinski definition) is 1. The summed E-state index contributed by atoms with van der Waals surface area (Å²) in [5, 5.41) is 2.09. The quantitative estimate of drug-likeness (QED) is 0.380. The Morgan fingerprint density at radius 1 is 1.25 bits per heavy atom. The lowest BCUT2D eigenvalue weighted by molar-refractivity contribution is -0.118. The Bertz CT molecular complexity index is 701. The van der Waals surface area contributed by atoms with Gasteiger partial charge in [-0.2, -0.15) is 0 Å². The second-order valence-electron chi connectivity index (χ2n) is 7.78. The summed E-state index contributed by atoms with van der Waals surface area (Å²) in [6.45, 7) is 1.25. The molecule has 0 radical (unpaired) electrons. The SMILES string of the molecule is CC(=O)NC(=O)OC1O[C@@]12CC[C@H](Cl)C[C@]2(Cl)CCCCCc1ccccc1. The summed E-state index contributed by atoms with van der Waals surface area (Å²) >= 11 is 13.4. The number of rotatable bonds is 7. The molecule has 0 aromatic heterocycles. The maximum atomic E-state index is 11.7. The predicted octanol–water partition coefficient (Wildman–Crippen LogP) is 4.93. The Morgan fingerprint density at radius 3 is 2.71 bits per heavy atom. The van der Waals surface area contributed by atoms with E-state index in [1.807, 2.05) is 6.07 Å². The fourth-order valence-corrected chi connectivity index (χ4v) is 5.13. The highest BCUT2D eigenvalue weighted by Crippen LogP contribution is 2.60. The summed E-state index contributed by atoms with van der Waals surface area (Å²) in [6.07, 6.45) is 5.40. The van der Waals surface area contributed by atoms with E-state index in [-0.39, 0.29) is 5.38 Å². The van der Waals surface area contributed by atoms with Crippen LogP contribution < -0.4 is 5.32 Å². The maximum Gasteiger partial charge on any atom is 0.416 e. The van der Waals surface area contributed by atoms with Gasteiger partial charge in [-0.05, 0) is 44.1 Å². The van der Waals surface area contributed by atoms with Gasteiger partial charge in [0.15, 0.2) is 5.60 Å². The molecule has 154 valence electrons. The number of ether oxygens (including phenoxy) is 2. The Balaban J connectivity index is 1.51. The molecule has 3 rings (SSSR count). The number of aryl methyl sites for hydroxylation is 1. The number of imide groups is 1. The normalized spacial score (nSPS) is 31.4. The van der Waals surface area contributed by atoms with Crippen LogP contribution in [0.15, 0.2) is 30.3 Å². The zero-order valence-corrected chi connectivity index (χ0v) is 17.6. The van der Waals surface area contributed by atoms with Gasteiger partial charge in [-0.15, -0.1) is 23.2 Å². The minimum Gasteiger partial charge on any atom is -0.416 e. The fourth-order valence-electron chi connectivity index (χ4n) is 4.13. The van der Waals surface area contributed by atoms with Crippen LogP contribution in [-0.4, -0.2) is 34.1 Å². The number of carbonyl (C=O) groups excluding carboxylic acids is 2. The molecule has 1 aliphatic heterocycles. The highest BCUT2D eigenvalue weighted by molar-refractivity contribution is 6.27. The maximum absolute atomic E-state index is 11.7. The van der Waals surface area contributed by atoms with Crippen LogP contribution in [0.4, 0.5) is 4.79 Å².